The van der Waals surface area contributed by atoms with Crippen LogP contribution in [0, 0.1) is 6.92 Å². The van der Waals surface area contributed by atoms with Crippen molar-refractivity contribution < 1.29 is 19.1 Å². The second kappa shape index (κ2) is 3.91. The molecule has 0 atom stereocenters. The van der Waals surface area contributed by atoms with Crippen LogP contribution in [-0.2, 0) is 16.0 Å². The van der Waals surface area contributed by atoms with Crippen molar-refractivity contribution in [3.8, 4) is 0 Å². The van der Waals surface area contributed by atoms with E-state index in [0.29, 0.717) is 5.69 Å². The molecule has 1 heterocycles. The molecule has 1 aromatic rings. The first-order valence-corrected chi connectivity index (χ1v) is 3.94. The smallest absolute Gasteiger partial charge is 0.311 e. The molecule has 2 N–H and O–H groups in total. The highest BCUT2D eigenvalue weighted by Gasteiger charge is 2.13. The van der Waals surface area contributed by atoms with Crippen LogP contribution in [0.4, 0.5) is 6.01 Å². The van der Waals surface area contributed by atoms with Crippen molar-refractivity contribution in [3.63, 3.8) is 0 Å². The van der Waals surface area contributed by atoms with Crippen molar-refractivity contribution >= 4 is 17.9 Å². The molecule has 0 aliphatic heterocycles. The predicted molar refractivity (Wildman–Crippen MR) is 46.9 cm³/mol. The fourth-order valence-electron chi connectivity index (χ4n) is 0.933. The van der Waals surface area contributed by atoms with Crippen LogP contribution in [0.1, 0.15) is 18.4 Å². The van der Waals surface area contributed by atoms with E-state index >= 15 is 0 Å². The standard InChI is InChI=1S/C8H10N2O4/c1-4-6(3-7(12)13)14-8(9-4)10-5(2)11/h3H2,1-2H3,(H,12,13)(H,9,10,11). The Labute approximate surface area is 79.9 Å². The average molecular weight is 198 g/mol. The number of aliphatic carboxylic acids is 1. The van der Waals surface area contributed by atoms with Crippen LogP contribution >= 0.6 is 0 Å². The molecule has 6 nitrogen and oxygen atoms in total. The number of amides is 1. The van der Waals surface area contributed by atoms with Gasteiger partial charge in [-0.1, -0.05) is 0 Å². The number of rotatable bonds is 3. The molecular weight excluding hydrogens is 188 g/mol. The first-order valence-electron chi connectivity index (χ1n) is 3.94. The third kappa shape index (κ3) is 2.58. The van der Waals surface area contributed by atoms with Gasteiger partial charge < -0.3 is 9.52 Å². The molecular formula is C8H10N2O4. The summed E-state index contributed by atoms with van der Waals surface area (Å²) < 4.78 is 5.01. The van der Waals surface area contributed by atoms with Gasteiger partial charge in [-0.25, -0.2) is 0 Å². The summed E-state index contributed by atoms with van der Waals surface area (Å²) in [7, 11) is 0. The molecule has 1 aromatic heterocycles. The molecule has 0 fully saturated rings. The molecule has 0 aromatic carbocycles. The minimum Gasteiger partial charge on any atom is -0.481 e. The van der Waals surface area contributed by atoms with E-state index in [2.05, 4.69) is 10.3 Å². The minimum atomic E-state index is -1.00. The number of carbonyl (C=O) groups excluding carboxylic acids is 1. The van der Waals surface area contributed by atoms with Gasteiger partial charge in [0.2, 0.25) is 5.91 Å². The molecule has 0 saturated carbocycles. The highest BCUT2D eigenvalue weighted by atomic mass is 16.4. The second-order valence-corrected chi connectivity index (χ2v) is 2.78. The lowest BCUT2D eigenvalue weighted by atomic mass is 10.3. The Kier molecular flexibility index (Phi) is 2.85. The van der Waals surface area contributed by atoms with Crippen LogP contribution in [0.25, 0.3) is 0 Å². The number of nitrogens with zero attached hydrogens (tertiary/aromatic N) is 1. The minimum absolute atomic E-state index is 0.0336. The highest BCUT2D eigenvalue weighted by molar-refractivity contribution is 5.86. The normalized spacial score (nSPS) is 9.86. The average Bonchev–Trinajstić information content (AvgIpc) is 2.28. The largest absolute Gasteiger partial charge is 0.481 e. The molecule has 0 unspecified atom stereocenters. The van der Waals surface area contributed by atoms with Crippen LogP contribution in [0.5, 0.6) is 0 Å². The highest BCUT2D eigenvalue weighted by Crippen LogP contribution is 2.14. The Bertz CT molecular complexity index is 369. The number of oxazole rings is 1. The lowest BCUT2D eigenvalue weighted by molar-refractivity contribution is -0.136. The maximum Gasteiger partial charge on any atom is 0.311 e. The van der Waals surface area contributed by atoms with E-state index < -0.39 is 5.97 Å². The summed E-state index contributed by atoms with van der Waals surface area (Å²) in [6.07, 6.45) is -0.238. The summed E-state index contributed by atoms with van der Waals surface area (Å²) in [5, 5.41) is 10.8. The van der Waals surface area contributed by atoms with E-state index in [4.69, 9.17) is 9.52 Å². The van der Waals surface area contributed by atoms with Crippen LogP contribution in [0.3, 0.4) is 0 Å². The van der Waals surface area contributed by atoms with E-state index in [0.717, 1.165) is 0 Å². The van der Waals surface area contributed by atoms with Gasteiger partial charge in [0.15, 0.2) is 0 Å². The maximum atomic E-state index is 10.6. The summed E-state index contributed by atoms with van der Waals surface area (Å²) >= 11 is 0. The number of aromatic nitrogens is 1. The van der Waals surface area contributed by atoms with Gasteiger partial charge in [-0.15, -0.1) is 0 Å². The Hall–Kier alpha value is -1.85. The number of aryl methyl sites for hydroxylation is 1. The fourth-order valence-corrected chi connectivity index (χ4v) is 0.933. The quantitative estimate of drug-likeness (QED) is 0.740. The topological polar surface area (TPSA) is 92.4 Å². The van der Waals surface area contributed by atoms with Crippen molar-refractivity contribution in [3.05, 3.63) is 11.5 Å². The molecule has 76 valence electrons. The molecule has 0 aliphatic rings. The summed E-state index contributed by atoms with van der Waals surface area (Å²) in [5.41, 5.74) is 0.469. The molecule has 1 rings (SSSR count). The number of hydrogen-bond acceptors (Lipinski definition) is 4. The van der Waals surface area contributed by atoms with Crippen LogP contribution in [0.2, 0.25) is 0 Å². The lowest BCUT2D eigenvalue weighted by Gasteiger charge is -1.92. The molecule has 1 amide bonds. The summed E-state index contributed by atoms with van der Waals surface area (Å²) in [6.45, 7) is 2.93. The molecule has 0 bridgehead atoms. The number of carboxylic acid groups (broad SMARTS) is 1. The molecule has 0 aliphatic carbocycles. The summed E-state index contributed by atoms with van der Waals surface area (Å²) in [4.78, 5) is 24.8. The Morgan fingerprint density at radius 3 is 2.71 bits per heavy atom. The van der Waals surface area contributed by atoms with Crippen molar-refractivity contribution in [1.29, 1.82) is 0 Å². The van der Waals surface area contributed by atoms with E-state index in [1.165, 1.54) is 6.92 Å². The lowest BCUT2D eigenvalue weighted by Crippen LogP contribution is -2.05. The van der Waals surface area contributed by atoms with Gasteiger partial charge >= 0.3 is 12.0 Å². The molecule has 0 radical (unpaired) electrons. The van der Waals surface area contributed by atoms with Gasteiger partial charge in [-0.2, -0.15) is 4.98 Å². The van der Waals surface area contributed by atoms with Crippen molar-refractivity contribution in [2.45, 2.75) is 20.3 Å². The zero-order valence-corrected chi connectivity index (χ0v) is 7.83. The molecule has 0 spiro atoms. The zero-order valence-electron chi connectivity index (χ0n) is 7.83. The van der Waals surface area contributed by atoms with E-state index in [9.17, 15) is 9.59 Å². The number of hydrogen-bond donors (Lipinski definition) is 2. The number of carbonyl (C=O) groups is 2. The third-order valence-electron chi connectivity index (χ3n) is 1.49. The van der Waals surface area contributed by atoms with Crippen LogP contribution in [-0.4, -0.2) is 22.0 Å². The van der Waals surface area contributed by atoms with Gasteiger partial charge in [-0.05, 0) is 6.92 Å². The Morgan fingerprint density at radius 2 is 2.21 bits per heavy atom. The van der Waals surface area contributed by atoms with Gasteiger partial charge in [0.25, 0.3) is 0 Å². The van der Waals surface area contributed by atoms with Gasteiger partial charge in [0.1, 0.15) is 12.2 Å². The van der Waals surface area contributed by atoms with Crippen LogP contribution < -0.4 is 5.32 Å². The summed E-state index contributed by atoms with van der Waals surface area (Å²) in [6, 6.07) is 0.0336. The molecule has 0 saturated heterocycles. The summed E-state index contributed by atoms with van der Waals surface area (Å²) in [5.74, 6) is -1.06. The SMILES string of the molecule is CC(=O)Nc1nc(C)c(CC(=O)O)o1. The van der Waals surface area contributed by atoms with E-state index in [-0.39, 0.29) is 24.1 Å². The monoisotopic (exact) mass is 198 g/mol. The van der Waals surface area contributed by atoms with Crippen LogP contribution in [0.15, 0.2) is 4.42 Å². The van der Waals surface area contributed by atoms with Crippen molar-refractivity contribution in [2.75, 3.05) is 5.32 Å². The number of carboxylic acids is 1. The first kappa shape index (κ1) is 10.2. The Morgan fingerprint density at radius 1 is 1.57 bits per heavy atom. The Balaban J connectivity index is 2.81. The second-order valence-electron chi connectivity index (χ2n) is 2.78. The molecule has 14 heavy (non-hydrogen) atoms. The number of nitrogens with one attached hydrogen (secondary N) is 1. The van der Waals surface area contributed by atoms with E-state index in [1.54, 1.807) is 6.92 Å². The maximum absolute atomic E-state index is 10.6. The first-order chi connectivity index (χ1) is 6.49. The molecule has 6 heteroatoms. The van der Waals surface area contributed by atoms with Crippen molar-refractivity contribution in [1.82, 2.24) is 4.98 Å². The van der Waals surface area contributed by atoms with E-state index in [1.807, 2.05) is 0 Å². The fraction of sp³-hybridized carbons (Fsp3) is 0.375. The predicted octanol–water partition coefficient (Wildman–Crippen LogP) is 0.569. The van der Waals surface area contributed by atoms with Gasteiger partial charge in [0, 0.05) is 6.92 Å². The van der Waals surface area contributed by atoms with Gasteiger partial charge in [-0.3, -0.25) is 14.9 Å². The third-order valence-corrected chi connectivity index (χ3v) is 1.49. The van der Waals surface area contributed by atoms with Gasteiger partial charge in [0.05, 0.1) is 5.69 Å². The van der Waals surface area contributed by atoms with Crippen molar-refractivity contribution in [2.24, 2.45) is 0 Å². The number of anilines is 1. The zero-order chi connectivity index (χ0) is 10.7.